The second kappa shape index (κ2) is 3.04. The Balaban J connectivity index is 3.14. The molecule has 0 fully saturated rings. The van der Waals surface area contributed by atoms with E-state index in [0.717, 1.165) is 11.1 Å². The maximum atomic E-state index is 8.76. The summed E-state index contributed by atoms with van der Waals surface area (Å²) in [5.74, 6) is 0. The van der Waals surface area contributed by atoms with E-state index in [2.05, 4.69) is 0 Å². The van der Waals surface area contributed by atoms with Gasteiger partial charge >= 0.3 is 0 Å². The van der Waals surface area contributed by atoms with Gasteiger partial charge in [-0.3, -0.25) is 0 Å². The van der Waals surface area contributed by atoms with Crippen molar-refractivity contribution in [2.24, 2.45) is 0 Å². The van der Waals surface area contributed by atoms with Crippen molar-refractivity contribution in [2.45, 2.75) is 13.5 Å². The molecule has 0 heterocycles. The van der Waals surface area contributed by atoms with Gasteiger partial charge in [0.25, 0.3) is 0 Å². The van der Waals surface area contributed by atoms with Crippen LogP contribution in [0.3, 0.4) is 0 Å². The molecule has 0 bridgehead atoms. The van der Waals surface area contributed by atoms with E-state index in [1.165, 1.54) is 0 Å². The molecule has 10 heavy (non-hydrogen) atoms. The summed E-state index contributed by atoms with van der Waals surface area (Å²) in [5, 5.41) is 9.43. The van der Waals surface area contributed by atoms with Crippen molar-refractivity contribution in [3.63, 3.8) is 0 Å². The highest BCUT2D eigenvalue weighted by Gasteiger charge is 1.99. The lowest BCUT2D eigenvalue weighted by Gasteiger charge is -2.01. The van der Waals surface area contributed by atoms with Gasteiger partial charge in [0.2, 0.25) is 0 Å². The quantitative estimate of drug-likeness (QED) is 0.661. The molecule has 54 valence electrons. The minimum absolute atomic E-state index is 0.0144. The SMILES string of the molecule is Cc1cccc(CO)c1Cl. The van der Waals surface area contributed by atoms with Crippen LogP contribution in [0.1, 0.15) is 11.1 Å². The van der Waals surface area contributed by atoms with Gasteiger partial charge < -0.3 is 5.11 Å². The molecule has 1 nitrogen and oxygen atoms in total. The van der Waals surface area contributed by atoms with Crippen molar-refractivity contribution < 1.29 is 5.11 Å². The number of aliphatic hydroxyl groups excluding tert-OH is 1. The van der Waals surface area contributed by atoms with Gasteiger partial charge in [-0.25, -0.2) is 0 Å². The fourth-order valence-corrected chi connectivity index (χ4v) is 1.02. The number of benzene rings is 1. The monoisotopic (exact) mass is 156 g/mol. The van der Waals surface area contributed by atoms with E-state index < -0.39 is 0 Å². The van der Waals surface area contributed by atoms with Crippen LogP contribution in [0.4, 0.5) is 0 Å². The first-order chi connectivity index (χ1) is 4.75. The lowest BCUT2D eigenvalue weighted by Crippen LogP contribution is -1.85. The highest BCUT2D eigenvalue weighted by molar-refractivity contribution is 6.32. The second-order valence-corrected chi connectivity index (χ2v) is 2.58. The van der Waals surface area contributed by atoms with Crippen LogP contribution in [0, 0.1) is 6.92 Å². The summed E-state index contributed by atoms with van der Waals surface area (Å²) in [6, 6.07) is 5.61. The third kappa shape index (κ3) is 1.31. The average Bonchev–Trinajstić information content (AvgIpc) is 1.95. The number of rotatable bonds is 1. The zero-order chi connectivity index (χ0) is 7.56. The molecule has 0 aromatic heterocycles. The number of hydrogen-bond acceptors (Lipinski definition) is 1. The van der Waals surface area contributed by atoms with Crippen LogP contribution in [0.5, 0.6) is 0 Å². The molecule has 0 aliphatic rings. The summed E-state index contributed by atoms with van der Waals surface area (Å²) < 4.78 is 0. The lowest BCUT2D eigenvalue weighted by atomic mass is 10.1. The van der Waals surface area contributed by atoms with Crippen LogP contribution >= 0.6 is 11.6 Å². The first kappa shape index (κ1) is 7.58. The van der Waals surface area contributed by atoms with E-state index in [-0.39, 0.29) is 6.61 Å². The van der Waals surface area contributed by atoms with Gasteiger partial charge in [-0.2, -0.15) is 0 Å². The van der Waals surface area contributed by atoms with Crippen molar-refractivity contribution in [3.05, 3.63) is 34.3 Å². The average molecular weight is 157 g/mol. The van der Waals surface area contributed by atoms with Gasteiger partial charge in [-0.15, -0.1) is 0 Å². The van der Waals surface area contributed by atoms with Crippen molar-refractivity contribution >= 4 is 11.6 Å². The zero-order valence-corrected chi connectivity index (χ0v) is 6.52. The van der Waals surface area contributed by atoms with Gasteiger partial charge in [0.1, 0.15) is 0 Å². The molecule has 2 heteroatoms. The largest absolute Gasteiger partial charge is 0.392 e. The molecule has 0 saturated heterocycles. The molecule has 1 N–H and O–H groups in total. The van der Waals surface area contributed by atoms with Crippen LogP contribution in [0.2, 0.25) is 5.02 Å². The second-order valence-electron chi connectivity index (χ2n) is 2.21. The van der Waals surface area contributed by atoms with Crippen molar-refractivity contribution in [3.8, 4) is 0 Å². The molecule has 0 aliphatic heterocycles. The van der Waals surface area contributed by atoms with Gasteiger partial charge in [-0.1, -0.05) is 29.8 Å². The molecule has 0 amide bonds. The van der Waals surface area contributed by atoms with Crippen molar-refractivity contribution in [1.82, 2.24) is 0 Å². The predicted molar refractivity (Wildman–Crippen MR) is 42.1 cm³/mol. The van der Waals surface area contributed by atoms with Gasteiger partial charge in [0, 0.05) is 5.02 Å². The molecule has 1 aromatic rings. The molecule has 0 aliphatic carbocycles. The highest BCUT2D eigenvalue weighted by atomic mass is 35.5. The normalized spacial score (nSPS) is 9.90. The van der Waals surface area contributed by atoms with Gasteiger partial charge in [-0.05, 0) is 18.1 Å². The molecular formula is C8H9ClO. The van der Waals surface area contributed by atoms with E-state index in [1.807, 2.05) is 25.1 Å². The van der Waals surface area contributed by atoms with Crippen molar-refractivity contribution in [2.75, 3.05) is 0 Å². The first-order valence-corrected chi connectivity index (χ1v) is 3.48. The molecule has 1 aromatic carbocycles. The van der Waals surface area contributed by atoms with E-state index in [1.54, 1.807) is 0 Å². The van der Waals surface area contributed by atoms with Crippen LogP contribution in [0.25, 0.3) is 0 Å². The standard InChI is InChI=1S/C8H9ClO/c1-6-3-2-4-7(5-10)8(6)9/h2-4,10H,5H2,1H3. The number of hydrogen-bond donors (Lipinski definition) is 1. The summed E-state index contributed by atoms with van der Waals surface area (Å²) in [7, 11) is 0. The maximum Gasteiger partial charge on any atom is 0.0696 e. The van der Waals surface area contributed by atoms with Crippen molar-refractivity contribution in [1.29, 1.82) is 0 Å². The Hall–Kier alpha value is -0.530. The van der Waals surface area contributed by atoms with Crippen LogP contribution in [0.15, 0.2) is 18.2 Å². The Morgan fingerprint density at radius 2 is 2.20 bits per heavy atom. The van der Waals surface area contributed by atoms with Crippen LogP contribution in [-0.2, 0) is 6.61 Å². The lowest BCUT2D eigenvalue weighted by molar-refractivity contribution is 0.282. The Labute approximate surface area is 65.3 Å². The Bertz CT molecular complexity index is 233. The molecule has 0 spiro atoms. The topological polar surface area (TPSA) is 20.2 Å². The predicted octanol–water partition coefficient (Wildman–Crippen LogP) is 2.14. The minimum atomic E-state index is 0.0144. The molecule has 0 radical (unpaired) electrons. The van der Waals surface area contributed by atoms with Gasteiger partial charge in [0.05, 0.1) is 6.61 Å². The Kier molecular flexibility index (Phi) is 2.30. The summed E-state index contributed by atoms with van der Waals surface area (Å²) in [6.45, 7) is 1.93. The smallest absolute Gasteiger partial charge is 0.0696 e. The summed E-state index contributed by atoms with van der Waals surface area (Å²) in [6.07, 6.45) is 0. The highest BCUT2D eigenvalue weighted by Crippen LogP contribution is 2.19. The number of aliphatic hydroxyl groups is 1. The molecule has 0 unspecified atom stereocenters. The minimum Gasteiger partial charge on any atom is -0.392 e. The number of aryl methyl sites for hydroxylation is 1. The van der Waals surface area contributed by atoms with Gasteiger partial charge in [0.15, 0.2) is 0 Å². The van der Waals surface area contributed by atoms with E-state index in [9.17, 15) is 0 Å². The Morgan fingerprint density at radius 3 is 2.70 bits per heavy atom. The fraction of sp³-hybridized carbons (Fsp3) is 0.250. The molecule has 0 atom stereocenters. The van der Waals surface area contributed by atoms with E-state index in [4.69, 9.17) is 16.7 Å². The zero-order valence-electron chi connectivity index (χ0n) is 5.76. The Morgan fingerprint density at radius 1 is 1.50 bits per heavy atom. The van der Waals surface area contributed by atoms with Crippen LogP contribution < -0.4 is 0 Å². The molecule has 0 saturated carbocycles. The molecular weight excluding hydrogens is 148 g/mol. The summed E-state index contributed by atoms with van der Waals surface area (Å²) >= 11 is 5.83. The first-order valence-electron chi connectivity index (χ1n) is 3.10. The maximum absolute atomic E-state index is 8.76. The van der Waals surface area contributed by atoms with E-state index in [0.29, 0.717) is 5.02 Å². The molecule has 1 rings (SSSR count). The number of halogens is 1. The fourth-order valence-electron chi connectivity index (χ4n) is 0.830. The van der Waals surface area contributed by atoms with E-state index >= 15 is 0 Å². The summed E-state index contributed by atoms with van der Waals surface area (Å²) in [4.78, 5) is 0. The van der Waals surface area contributed by atoms with Crippen LogP contribution in [-0.4, -0.2) is 5.11 Å². The third-order valence-corrected chi connectivity index (χ3v) is 1.98. The third-order valence-electron chi connectivity index (χ3n) is 1.44. The summed E-state index contributed by atoms with van der Waals surface area (Å²) in [5.41, 5.74) is 1.80.